The number of benzene rings is 1. The molecule has 0 radical (unpaired) electrons. The Labute approximate surface area is 107 Å². The van der Waals surface area contributed by atoms with E-state index in [1.165, 1.54) is 0 Å². The number of fused-ring (bicyclic) bond motifs is 1. The molecule has 4 nitrogen and oxygen atoms in total. The van der Waals surface area contributed by atoms with Crippen molar-refractivity contribution >= 4 is 20.7 Å². The monoisotopic (exact) mass is 267 g/mol. The number of aryl methyl sites for hydroxylation is 1. The van der Waals surface area contributed by atoms with Crippen LogP contribution >= 0.6 is 0 Å². The van der Waals surface area contributed by atoms with E-state index in [4.69, 9.17) is 0 Å². The summed E-state index contributed by atoms with van der Waals surface area (Å²) in [6.45, 7) is 3.36. The fourth-order valence-corrected chi connectivity index (χ4v) is 2.96. The molecule has 1 aromatic carbocycles. The molecule has 0 aliphatic heterocycles. The summed E-state index contributed by atoms with van der Waals surface area (Å²) in [6.07, 6.45) is 1.81. The summed E-state index contributed by atoms with van der Waals surface area (Å²) in [6, 6.07) is 5.00. The molecule has 0 fully saturated rings. The van der Waals surface area contributed by atoms with Crippen molar-refractivity contribution in [2.75, 3.05) is 0 Å². The molecule has 1 heterocycles. The van der Waals surface area contributed by atoms with Gasteiger partial charge in [-0.25, -0.2) is 8.42 Å². The molecule has 0 spiro atoms. The van der Waals surface area contributed by atoms with Gasteiger partial charge in [0.2, 0.25) is 0 Å². The molecule has 1 aromatic heterocycles. The first-order valence-electron chi connectivity index (χ1n) is 5.80. The van der Waals surface area contributed by atoms with E-state index in [0.717, 1.165) is 16.5 Å². The number of sulfone groups is 1. The minimum Gasteiger partial charge on any atom is -0.508 e. The molecular weight excluding hydrogens is 250 g/mol. The van der Waals surface area contributed by atoms with Crippen molar-refractivity contribution in [2.24, 2.45) is 7.05 Å². The van der Waals surface area contributed by atoms with Crippen LogP contribution in [-0.2, 0) is 22.6 Å². The van der Waals surface area contributed by atoms with Crippen LogP contribution < -0.4 is 0 Å². The highest BCUT2D eigenvalue weighted by Crippen LogP contribution is 2.26. The van der Waals surface area contributed by atoms with Crippen LogP contribution in [0.5, 0.6) is 5.75 Å². The minimum absolute atomic E-state index is 0.00542. The van der Waals surface area contributed by atoms with E-state index in [0.29, 0.717) is 0 Å². The molecule has 1 N–H and O–H groups in total. The SMILES string of the molecule is CC(C)S(=O)(=O)Cc1cn(C)c2ccc(O)cc12. The maximum atomic E-state index is 12.0. The van der Waals surface area contributed by atoms with Gasteiger partial charge < -0.3 is 9.67 Å². The van der Waals surface area contributed by atoms with Crippen LogP contribution in [0.15, 0.2) is 24.4 Å². The van der Waals surface area contributed by atoms with Gasteiger partial charge in [-0.1, -0.05) is 0 Å². The summed E-state index contributed by atoms with van der Waals surface area (Å²) in [5.41, 5.74) is 1.65. The van der Waals surface area contributed by atoms with Gasteiger partial charge in [0.25, 0.3) is 0 Å². The van der Waals surface area contributed by atoms with Gasteiger partial charge >= 0.3 is 0 Å². The molecule has 0 saturated heterocycles. The average Bonchev–Trinajstić information content (AvgIpc) is 2.54. The topological polar surface area (TPSA) is 59.3 Å². The number of hydrogen-bond acceptors (Lipinski definition) is 3. The molecule has 0 unspecified atom stereocenters. The van der Waals surface area contributed by atoms with Gasteiger partial charge in [-0.2, -0.15) is 0 Å². The highest BCUT2D eigenvalue weighted by Gasteiger charge is 2.19. The van der Waals surface area contributed by atoms with Crippen LogP contribution in [0.25, 0.3) is 10.9 Å². The zero-order valence-corrected chi connectivity index (χ0v) is 11.5. The third-order valence-electron chi connectivity index (χ3n) is 3.13. The van der Waals surface area contributed by atoms with Crippen molar-refractivity contribution in [3.05, 3.63) is 30.0 Å². The molecule has 0 atom stereocenters. The Morgan fingerprint density at radius 2 is 2.00 bits per heavy atom. The first kappa shape index (κ1) is 13.0. The number of phenols is 1. The van der Waals surface area contributed by atoms with Crippen molar-refractivity contribution in [1.82, 2.24) is 4.57 Å². The Morgan fingerprint density at radius 3 is 2.61 bits per heavy atom. The Kier molecular flexibility index (Phi) is 3.11. The third-order valence-corrected chi connectivity index (χ3v) is 5.28. The van der Waals surface area contributed by atoms with Gasteiger partial charge in [-0.05, 0) is 37.6 Å². The Hall–Kier alpha value is -1.49. The predicted octanol–water partition coefficient (Wildman–Crippen LogP) is 2.21. The predicted molar refractivity (Wildman–Crippen MR) is 72.3 cm³/mol. The molecule has 0 aliphatic rings. The minimum atomic E-state index is -3.14. The molecule has 98 valence electrons. The van der Waals surface area contributed by atoms with E-state index < -0.39 is 15.1 Å². The van der Waals surface area contributed by atoms with E-state index in [-0.39, 0.29) is 11.5 Å². The number of phenolic OH excluding ortho intramolecular Hbond substituents is 1. The van der Waals surface area contributed by atoms with Crippen LogP contribution in [0.1, 0.15) is 19.4 Å². The van der Waals surface area contributed by atoms with Crippen molar-refractivity contribution in [3.63, 3.8) is 0 Å². The van der Waals surface area contributed by atoms with E-state index in [1.807, 2.05) is 17.8 Å². The molecular formula is C13H17NO3S. The van der Waals surface area contributed by atoms with Crippen LogP contribution in [-0.4, -0.2) is 23.3 Å². The van der Waals surface area contributed by atoms with Crippen LogP contribution in [0.3, 0.4) is 0 Å². The molecule has 0 amide bonds. The lowest BCUT2D eigenvalue weighted by atomic mass is 10.2. The molecule has 2 aromatic rings. The van der Waals surface area contributed by atoms with E-state index in [9.17, 15) is 13.5 Å². The highest BCUT2D eigenvalue weighted by atomic mass is 32.2. The van der Waals surface area contributed by atoms with Gasteiger partial charge in [-0.3, -0.25) is 0 Å². The van der Waals surface area contributed by atoms with E-state index >= 15 is 0 Å². The number of rotatable bonds is 3. The maximum Gasteiger partial charge on any atom is 0.156 e. The fraction of sp³-hybridized carbons (Fsp3) is 0.385. The van der Waals surface area contributed by atoms with Gasteiger partial charge in [0, 0.05) is 24.1 Å². The Morgan fingerprint density at radius 1 is 1.33 bits per heavy atom. The molecule has 18 heavy (non-hydrogen) atoms. The molecule has 0 aliphatic carbocycles. The lowest BCUT2D eigenvalue weighted by molar-refractivity contribution is 0.476. The summed E-state index contributed by atoms with van der Waals surface area (Å²) in [5, 5.41) is 9.91. The van der Waals surface area contributed by atoms with Crippen molar-refractivity contribution in [2.45, 2.75) is 24.9 Å². The number of aromatic hydroxyl groups is 1. The van der Waals surface area contributed by atoms with Gasteiger partial charge in [0.05, 0.1) is 11.0 Å². The second-order valence-corrected chi connectivity index (χ2v) is 7.38. The summed E-state index contributed by atoms with van der Waals surface area (Å²) < 4.78 is 25.8. The smallest absolute Gasteiger partial charge is 0.156 e. The lowest BCUT2D eigenvalue weighted by Crippen LogP contribution is -2.15. The second-order valence-electron chi connectivity index (χ2n) is 4.82. The van der Waals surface area contributed by atoms with Crippen LogP contribution in [0.2, 0.25) is 0 Å². The summed E-state index contributed by atoms with van der Waals surface area (Å²) in [4.78, 5) is 0. The summed E-state index contributed by atoms with van der Waals surface area (Å²) in [7, 11) is -1.27. The molecule has 0 saturated carbocycles. The van der Waals surface area contributed by atoms with Crippen molar-refractivity contribution < 1.29 is 13.5 Å². The summed E-state index contributed by atoms with van der Waals surface area (Å²) >= 11 is 0. The van der Waals surface area contributed by atoms with Crippen LogP contribution in [0, 0.1) is 0 Å². The quantitative estimate of drug-likeness (QED) is 0.927. The fourth-order valence-electron chi connectivity index (χ4n) is 1.96. The number of nitrogens with zero attached hydrogens (tertiary/aromatic N) is 1. The van der Waals surface area contributed by atoms with Crippen molar-refractivity contribution in [3.8, 4) is 5.75 Å². The number of aromatic nitrogens is 1. The zero-order valence-electron chi connectivity index (χ0n) is 10.7. The first-order valence-corrected chi connectivity index (χ1v) is 7.51. The normalized spacial score (nSPS) is 12.4. The molecule has 5 heteroatoms. The molecule has 2 rings (SSSR count). The third kappa shape index (κ3) is 2.22. The standard InChI is InChI=1S/C13H17NO3S/c1-9(2)18(16,17)8-10-7-14(3)13-5-4-11(15)6-12(10)13/h4-7,9,15H,8H2,1-3H3. The van der Waals surface area contributed by atoms with Gasteiger partial charge in [0.15, 0.2) is 9.84 Å². The maximum absolute atomic E-state index is 12.0. The van der Waals surface area contributed by atoms with E-state index in [1.54, 1.807) is 32.0 Å². The highest BCUT2D eigenvalue weighted by molar-refractivity contribution is 7.91. The van der Waals surface area contributed by atoms with Gasteiger partial charge in [-0.15, -0.1) is 0 Å². The first-order chi connectivity index (χ1) is 8.31. The largest absolute Gasteiger partial charge is 0.508 e. The van der Waals surface area contributed by atoms with E-state index in [2.05, 4.69) is 0 Å². The zero-order chi connectivity index (χ0) is 13.5. The number of hydrogen-bond donors (Lipinski definition) is 1. The Bertz CT molecular complexity index is 684. The summed E-state index contributed by atoms with van der Waals surface area (Å²) in [5.74, 6) is 0.155. The lowest BCUT2D eigenvalue weighted by Gasteiger charge is -2.06. The van der Waals surface area contributed by atoms with Gasteiger partial charge in [0.1, 0.15) is 5.75 Å². The second kappa shape index (κ2) is 4.31. The van der Waals surface area contributed by atoms with Crippen LogP contribution in [0.4, 0.5) is 0 Å². The Balaban J connectivity index is 2.56. The molecule has 0 bridgehead atoms. The average molecular weight is 267 g/mol. The van der Waals surface area contributed by atoms with Crippen molar-refractivity contribution in [1.29, 1.82) is 0 Å².